The van der Waals surface area contributed by atoms with Gasteiger partial charge in [0.1, 0.15) is 23.3 Å². The van der Waals surface area contributed by atoms with Crippen LogP contribution in [0.15, 0.2) is 41.3 Å². The van der Waals surface area contributed by atoms with Crippen LogP contribution in [-0.2, 0) is 23.4 Å². The first-order valence-electron chi connectivity index (χ1n) is 12.5. The Balaban J connectivity index is 1.62. The average molecular weight is 594 g/mol. The number of H-pyrrole nitrogens is 1. The number of aliphatic hydroxyl groups is 1. The summed E-state index contributed by atoms with van der Waals surface area (Å²) in [6, 6.07) is 6.93. The quantitative estimate of drug-likeness (QED) is 0.124. The number of para-hydroxylation sites is 1. The highest BCUT2D eigenvalue weighted by Gasteiger charge is 2.58. The Bertz CT molecular complexity index is 1570. The summed E-state index contributed by atoms with van der Waals surface area (Å²) in [5, 5.41) is 13.3. The molecule has 0 amide bonds. The fourth-order valence-corrected chi connectivity index (χ4v) is 5.76. The molecule has 8 N–H and O–H groups in total. The maximum absolute atomic E-state index is 14.7. The zero-order valence-electron chi connectivity index (χ0n) is 22.4. The molecule has 0 spiro atoms. The predicted octanol–water partition coefficient (Wildman–Crippen LogP) is 0.452. The fraction of sp³-hybridized carbons (Fsp3) is 0.400. The third-order valence-corrected chi connectivity index (χ3v) is 7.88. The summed E-state index contributed by atoms with van der Waals surface area (Å²) in [5.74, 6) is 0.609. The number of benzene rings is 1. The number of aromatic nitrogens is 3. The van der Waals surface area contributed by atoms with Crippen molar-refractivity contribution < 1.29 is 43.1 Å². The number of halogens is 1. The number of anilines is 1. The van der Waals surface area contributed by atoms with Crippen LogP contribution < -0.4 is 26.6 Å². The van der Waals surface area contributed by atoms with Gasteiger partial charge < -0.3 is 30.6 Å². The first kappa shape index (κ1) is 30.2. The van der Waals surface area contributed by atoms with Gasteiger partial charge in [-0.3, -0.25) is 23.7 Å². The van der Waals surface area contributed by atoms with Crippen molar-refractivity contribution in [2.24, 2.45) is 0 Å². The lowest BCUT2D eigenvalue weighted by molar-refractivity contribution is -0.483. The molecule has 220 valence electrons. The van der Waals surface area contributed by atoms with Crippen molar-refractivity contribution in [3.63, 3.8) is 0 Å². The molecule has 6 atom stereocenters. The number of carbonyl (C=O) groups is 1. The van der Waals surface area contributed by atoms with Crippen molar-refractivity contribution in [1.29, 1.82) is 0 Å². The molecule has 2 unspecified atom stereocenters. The van der Waals surface area contributed by atoms with Crippen molar-refractivity contribution >= 4 is 30.7 Å². The molecule has 1 aromatic carbocycles. The molecular weight excluding hydrogens is 562 g/mol. The molecule has 1 fully saturated rings. The van der Waals surface area contributed by atoms with Gasteiger partial charge in [-0.05, 0) is 38.8 Å². The van der Waals surface area contributed by atoms with Gasteiger partial charge in [0.05, 0.1) is 12.7 Å². The molecule has 0 aliphatic carbocycles. The number of hydrogen-bond acceptors (Lipinski definition) is 10. The molecular formula is C25H31FN6O8P+. The van der Waals surface area contributed by atoms with Gasteiger partial charge in [-0.15, -0.1) is 6.42 Å². The highest BCUT2D eigenvalue weighted by molar-refractivity contribution is 7.52. The molecule has 3 aromatic rings. The highest BCUT2D eigenvalue weighted by atomic mass is 31.2. The van der Waals surface area contributed by atoms with Gasteiger partial charge in [0, 0.05) is 6.20 Å². The third kappa shape index (κ3) is 6.13. The molecule has 2 aromatic heterocycles. The Morgan fingerprint density at radius 2 is 2.10 bits per heavy atom. The number of terminal acetylenes is 1. The van der Waals surface area contributed by atoms with Crippen LogP contribution in [0.3, 0.4) is 0 Å². The number of rotatable bonds is 10. The van der Waals surface area contributed by atoms with E-state index >= 15 is 0 Å². The van der Waals surface area contributed by atoms with E-state index in [4.69, 9.17) is 30.7 Å². The molecule has 16 heteroatoms. The van der Waals surface area contributed by atoms with E-state index < -0.39 is 73.2 Å². The lowest BCUT2D eigenvalue weighted by atomic mass is 9.92. The number of quaternary nitrogens is 1. The summed E-state index contributed by atoms with van der Waals surface area (Å²) in [7, 11) is -4.32. The molecule has 4 rings (SSSR count). The van der Waals surface area contributed by atoms with E-state index in [0.29, 0.717) is 0 Å². The van der Waals surface area contributed by atoms with E-state index in [1.807, 2.05) is 0 Å². The zero-order chi connectivity index (χ0) is 30.1. The van der Waals surface area contributed by atoms with Crippen molar-refractivity contribution in [2.75, 3.05) is 12.3 Å². The van der Waals surface area contributed by atoms with Crippen molar-refractivity contribution in [3.8, 4) is 18.1 Å². The topological polar surface area (TPSA) is 208 Å². The number of ether oxygens (including phenoxy) is 2. The van der Waals surface area contributed by atoms with Gasteiger partial charge >= 0.3 is 13.7 Å². The van der Waals surface area contributed by atoms with E-state index in [2.05, 4.69) is 26.7 Å². The summed E-state index contributed by atoms with van der Waals surface area (Å²) in [4.78, 5) is 30.9. The van der Waals surface area contributed by atoms with Gasteiger partial charge in [-0.1, -0.05) is 18.2 Å². The van der Waals surface area contributed by atoms with E-state index in [-0.39, 0.29) is 17.3 Å². The van der Waals surface area contributed by atoms with E-state index in [0.717, 1.165) is 10.8 Å². The lowest BCUT2D eigenvalue weighted by Gasteiger charge is -2.25. The maximum Gasteiger partial charge on any atom is 0.459 e. The van der Waals surface area contributed by atoms with Crippen LogP contribution in [0.5, 0.6) is 5.75 Å². The van der Waals surface area contributed by atoms with Crippen LogP contribution in [0.25, 0.3) is 11.0 Å². The SMILES string of the molecule is C#CC1([NH3+])C(O)[C@@H](CO[P@@](=O)(N[C@@H](C)C(=O)OC(C)C)Oc2ccccc2)O[C@H]1n1cc(F)c2c(=O)[nH]c(N)nc21. The number of hydrogen-bond donors (Lipinski definition) is 5. The maximum atomic E-state index is 14.7. The standard InChI is InChI=1S/C25H30FN6O8P/c1-5-25(28)19(33)17(39-23(25)32-11-16(26)18-20(32)29-24(27)30-21(18)34)12-37-41(36,40-15-9-7-6-8-10-15)31-14(4)22(35)38-13(2)3/h1,6-11,13-14,17,19,23,33H,12,28H2,2-4H3,(H,31,36)(H3,27,29,30,34)/p+1/t14-,17+,19?,23+,25?,41-/m0/s1. The number of aliphatic hydroxyl groups excluding tert-OH is 1. The Morgan fingerprint density at radius 1 is 1.41 bits per heavy atom. The summed E-state index contributed by atoms with van der Waals surface area (Å²) in [6.45, 7) is 4.16. The minimum atomic E-state index is -4.32. The Kier molecular flexibility index (Phi) is 8.55. The van der Waals surface area contributed by atoms with E-state index in [1.54, 1.807) is 32.0 Å². The second-order valence-corrected chi connectivity index (χ2v) is 11.4. The number of nitrogens with two attached hydrogens (primary N) is 1. The number of nitrogens with zero attached hydrogens (tertiary/aromatic N) is 2. The molecule has 1 saturated heterocycles. The van der Waals surface area contributed by atoms with Gasteiger partial charge in [-0.2, -0.15) is 10.1 Å². The summed E-state index contributed by atoms with van der Waals surface area (Å²) < 4.78 is 52.0. The first-order valence-corrected chi connectivity index (χ1v) is 14.0. The molecule has 0 bridgehead atoms. The van der Waals surface area contributed by atoms with Crippen LogP contribution in [0.2, 0.25) is 0 Å². The molecule has 0 saturated carbocycles. The van der Waals surface area contributed by atoms with E-state index in [1.165, 1.54) is 19.1 Å². The normalized spacial score (nSPS) is 24.6. The minimum Gasteiger partial charge on any atom is -0.462 e. The van der Waals surface area contributed by atoms with Gasteiger partial charge in [0.2, 0.25) is 17.7 Å². The lowest BCUT2D eigenvalue weighted by Crippen LogP contribution is -2.79. The van der Waals surface area contributed by atoms with Crippen molar-refractivity contribution in [2.45, 2.75) is 56.9 Å². The van der Waals surface area contributed by atoms with Crippen LogP contribution >= 0.6 is 7.75 Å². The van der Waals surface area contributed by atoms with Gasteiger partial charge in [0.25, 0.3) is 5.56 Å². The number of nitrogens with one attached hydrogen (secondary N) is 2. The number of fused-ring (bicyclic) bond motifs is 1. The number of esters is 1. The number of aromatic amines is 1. The Labute approximate surface area is 233 Å². The monoisotopic (exact) mass is 593 g/mol. The largest absolute Gasteiger partial charge is 0.462 e. The summed E-state index contributed by atoms with van der Waals surface area (Å²) in [5.41, 5.74) is 6.81. The fourth-order valence-electron chi connectivity index (χ4n) is 4.25. The minimum absolute atomic E-state index is 0.164. The molecule has 1 aliphatic rings. The van der Waals surface area contributed by atoms with E-state index in [9.17, 15) is 23.7 Å². The van der Waals surface area contributed by atoms with Gasteiger partial charge in [0.15, 0.2) is 17.6 Å². The van der Waals surface area contributed by atoms with Crippen LogP contribution in [-0.4, -0.2) is 62.1 Å². The average Bonchev–Trinajstić information content (AvgIpc) is 3.36. The summed E-state index contributed by atoms with van der Waals surface area (Å²) in [6.07, 6.45) is 2.07. The Morgan fingerprint density at radius 3 is 2.73 bits per heavy atom. The third-order valence-electron chi connectivity index (χ3n) is 6.23. The van der Waals surface area contributed by atoms with Crippen molar-refractivity contribution in [1.82, 2.24) is 19.6 Å². The second kappa shape index (κ2) is 11.6. The molecule has 14 nitrogen and oxygen atoms in total. The summed E-state index contributed by atoms with van der Waals surface area (Å²) >= 11 is 0. The molecule has 3 heterocycles. The molecule has 1 aliphatic heterocycles. The predicted molar refractivity (Wildman–Crippen MR) is 144 cm³/mol. The van der Waals surface area contributed by atoms with Crippen LogP contribution in [0.1, 0.15) is 27.0 Å². The molecule has 41 heavy (non-hydrogen) atoms. The Hall–Kier alpha value is -3.77. The van der Waals surface area contributed by atoms with Crippen LogP contribution in [0.4, 0.5) is 10.3 Å². The molecule has 0 radical (unpaired) electrons. The van der Waals surface area contributed by atoms with Gasteiger partial charge in [-0.25, -0.2) is 8.96 Å². The zero-order valence-corrected chi connectivity index (χ0v) is 23.3. The number of nitrogen functional groups attached to an aromatic ring is 1. The second-order valence-electron chi connectivity index (χ2n) is 9.72. The van der Waals surface area contributed by atoms with Crippen molar-refractivity contribution in [3.05, 3.63) is 52.7 Å². The van der Waals surface area contributed by atoms with Crippen LogP contribution in [0, 0.1) is 18.2 Å². The first-order chi connectivity index (χ1) is 19.3. The number of carbonyl (C=O) groups excluding carboxylic acids is 1. The highest BCUT2D eigenvalue weighted by Crippen LogP contribution is 2.46. The smallest absolute Gasteiger partial charge is 0.459 e.